The summed E-state index contributed by atoms with van der Waals surface area (Å²) in [5.41, 5.74) is 2.10. The van der Waals surface area contributed by atoms with Crippen molar-refractivity contribution < 1.29 is 4.74 Å². The van der Waals surface area contributed by atoms with Crippen LogP contribution in [-0.2, 0) is 0 Å². The maximum absolute atomic E-state index is 5.21. The number of hydrogen-bond donors (Lipinski definition) is 1. The maximum Gasteiger partial charge on any atom is 0.118 e. The van der Waals surface area contributed by atoms with Gasteiger partial charge in [-0.3, -0.25) is 0 Å². The zero-order chi connectivity index (χ0) is 14.2. The molecular weight excluding hydrogens is 246 g/mol. The molecule has 2 fully saturated rings. The summed E-state index contributed by atoms with van der Waals surface area (Å²) in [5, 5.41) is 3.80. The van der Waals surface area contributed by atoms with E-state index in [4.69, 9.17) is 4.74 Å². The van der Waals surface area contributed by atoms with Crippen LogP contribution in [0.25, 0.3) is 0 Å². The minimum Gasteiger partial charge on any atom is -0.497 e. The van der Waals surface area contributed by atoms with Crippen LogP contribution in [0.15, 0.2) is 24.3 Å². The van der Waals surface area contributed by atoms with Gasteiger partial charge in [0.05, 0.1) is 7.11 Å². The molecule has 1 N–H and O–H groups in total. The van der Waals surface area contributed by atoms with Crippen molar-refractivity contribution in [3.8, 4) is 5.75 Å². The average Bonchev–Trinajstić information content (AvgIpc) is 3.19. The maximum atomic E-state index is 5.21. The van der Waals surface area contributed by atoms with Crippen LogP contribution in [0.1, 0.15) is 51.0 Å². The van der Waals surface area contributed by atoms with Gasteiger partial charge in [0.2, 0.25) is 0 Å². The molecule has 0 amide bonds. The molecule has 0 spiro atoms. The zero-order valence-electron chi connectivity index (χ0n) is 13.0. The van der Waals surface area contributed by atoms with Gasteiger partial charge in [0.15, 0.2) is 0 Å². The Bertz CT molecular complexity index is 441. The molecule has 2 saturated carbocycles. The first-order valence-corrected chi connectivity index (χ1v) is 8.00. The van der Waals surface area contributed by atoms with Crippen LogP contribution in [0.2, 0.25) is 0 Å². The van der Waals surface area contributed by atoms with Crippen LogP contribution >= 0.6 is 0 Å². The summed E-state index contributed by atoms with van der Waals surface area (Å²) in [6.07, 6.45) is 5.43. The second-order valence-electron chi connectivity index (χ2n) is 7.04. The first kappa shape index (κ1) is 13.9. The van der Waals surface area contributed by atoms with E-state index in [2.05, 4.69) is 43.4 Å². The van der Waals surface area contributed by atoms with Crippen molar-refractivity contribution in [2.75, 3.05) is 13.7 Å². The van der Waals surface area contributed by atoms with E-state index in [1.807, 2.05) is 0 Å². The highest BCUT2D eigenvalue weighted by Gasteiger charge is 2.45. The molecule has 20 heavy (non-hydrogen) atoms. The largest absolute Gasteiger partial charge is 0.497 e. The van der Waals surface area contributed by atoms with E-state index in [0.29, 0.717) is 5.41 Å². The Morgan fingerprint density at radius 2 is 1.85 bits per heavy atom. The van der Waals surface area contributed by atoms with Gasteiger partial charge in [0, 0.05) is 12.6 Å². The van der Waals surface area contributed by atoms with Crippen molar-refractivity contribution in [2.24, 2.45) is 11.3 Å². The molecule has 0 aromatic heterocycles. The quantitative estimate of drug-likeness (QED) is 0.847. The van der Waals surface area contributed by atoms with Crippen molar-refractivity contribution >= 4 is 0 Å². The first-order valence-electron chi connectivity index (χ1n) is 8.00. The first-order chi connectivity index (χ1) is 9.63. The second-order valence-corrected chi connectivity index (χ2v) is 7.04. The van der Waals surface area contributed by atoms with E-state index in [-0.39, 0.29) is 0 Å². The van der Waals surface area contributed by atoms with Gasteiger partial charge in [-0.15, -0.1) is 0 Å². The number of ether oxygens (including phenoxy) is 1. The van der Waals surface area contributed by atoms with Gasteiger partial charge in [-0.2, -0.15) is 0 Å². The van der Waals surface area contributed by atoms with E-state index < -0.39 is 0 Å². The lowest BCUT2D eigenvalue weighted by molar-refractivity contribution is 0.247. The van der Waals surface area contributed by atoms with Crippen LogP contribution < -0.4 is 10.1 Å². The minimum atomic E-state index is 0.630. The molecule has 0 aliphatic heterocycles. The summed E-state index contributed by atoms with van der Waals surface area (Å²) in [7, 11) is 1.72. The Morgan fingerprint density at radius 3 is 2.35 bits per heavy atom. The second kappa shape index (κ2) is 5.40. The molecule has 0 bridgehead atoms. The third-order valence-corrected chi connectivity index (χ3v) is 5.59. The Kier molecular flexibility index (Phi) is 3.76. The van der Waals surface area contributed by atoms with Crippen LogP contribution in [0.3, 0.4) is 0 Å². The minimum absolute atomic E-state index is 0.630. The van der Waals surface area contributed by atoms with Gasteiger partial charge in [0.1, 0.15) is 5.75 Å². The lowest BCUT2D eigenvalue weighted by atomic mass is 9.75. The lowest BCUT2D eigenvalue weighted by Gasteiger charge is -2.38. The summed E-state index contributed by atoms with van der Waals surface area (Å²) in [6, 6.07) is 9.33. The van der Waals surface area contributed by atoms with Gasteiger partial charge in [-0.25, -0.2) is 0 Å². The highest BCUT2D eigenvalue weighted by Crippen LogP contribution is 2.51. The molecule has 0 radical (unpaired) electrons. The number of nitrogens with one attached hydrogen (secondary N) is 1. The van der Waals surface area contributed by atoms with Crippen molar-refractivity contribution in [3.05, 3.63) is 29.8 Å². The van der Waals surface area contributed by atoms with E-state index in [1.165, 1.54) is 37.8 Å². The van der Waals surface area contributed by atoms with Crippen molar-refractivity contribution in [1.29, 1.82) is 0 Å². The highest BCUT2D eigenvalue weighted by molar-refractivity contribution is 5.30. The van der Waals surface area contributed by atoms with Crippen LogP contribution in [0.4, 0.5) is 0 Å². The molecule has 2 aliphatic carbocycles. The van der Waals surface area contributed by atoms with Crippen LogP contribution in [0, 0.1) is 11.3 Å². The smallest absolute Gasteiger partial charge is 0.118 e. The van der Waals surface area contributed by atoms with Gasteiger partial charge in [0.25, 0.3) is 0 Å². The van der Waals surface area contributed by atoms with Gasteiger partial charge in [-0.05, 0) is 60.6 Å². The molecule has 0 saturated heterocycles. The topological polar surface area (TPSA) is 21.3 Å². The Hall–Kier alpha value is -1.02. The molecule has 3 rings (SSSR count). The number of rotatable bonds is 6. The Morgan fingerprint density at radius 1 is 1.20 bits per heavy atom. The fourth-order valence-electron chi connectivity index (χ4n) is 3.40. The van der Waals surface area contributed by atoms with Crippen LogP contribution in [-0.4, -0.2) is 19.7 Å². The molecule has 110 valence electrons. The number of methoxy groups -OCH3 is 1. The number of benzene rings is 1. The molecule has 2 heteroatoms. The summed E-state index contributed by atoms with van der Waals surface area (Å²) >= 11 is 0. The van der Waals surface area contributed by atoms with E-state index in [0.717, 1.165) is 23.6 Å². The van der Waals surface area contributed by atoms with Crippen molar-refractivity contribution in [3.63, 3.8) is 0 Å². The fraction of sp³-hybridized carbons (Fsp3) is 0.667. The highest BCUT2D eigenvalue weighted by atomic mass is 16.5. The monoisotopic (exact) mass is 273 g/mol. The third-order valence-electron chi connectivity index (χ3n) is 5.59. The number of hydrogen-bond acceptors (Lipinski definition) is 2. The van der Waals surface area contributed by atoms with Gasteiger partial charge < -0.3 is 10.1 Å². The molecular formula is C18H27NO. The van der Waals surface area contributed by atoms with Crippen LogP contribution in [0.5, 0.6) is 5.75 Å². The summed E-state index contributed by atoms with van der Waals surface area (Å²) in [4.78, 5) is 0. The molecule has 2 nitrogen and oxygen atoms in total. The molecule has 1 aromatic carbocycles. The third kappa shape index (κ3) is 2.71. The van der Waals surface area contributed by atoms with Crippen molar-refractivity contribution in [2.45, 2.75) is 51.5 Å². The standard InChI is InChI=1S/C18H27NO/c1-13(2)18(8-9-18)12-19-16-10-15(11-16)14-4-6-17(20-3)7-5-14/h4-7,13,15-16,19H,8-12H2,1-3H3. The van der Waals surface area contributed by atoms with Gasteiger partial charge in [-0.1, -0.05) is 26.0 Å². The zero-order valence-corrected chi connectivity index (χ0v) is 13.0. The van der Waals surface area contributed by atoms with Gasteiger partial charge >= 0.3 is 0 Å². The predicted molar refractivity (Wildman–Crippen MR) is 83.3 cm³/mol. The SMILES string of the molecule is COc1ccc(C2CC(NCC3(C(C)C)CC3)C2)cc1. The molecule has 0 unspecified atom stereocenters. The van der Waals surface area contributed by atoms with E-state index >= 15 is 0 Å². The molecule has 1 aromatic rings. The molecule has 0 atom stereocenters. The molecule has 2 aliphatic rings. The lowest BCUT2D eigenvalue weighted by Crippen LogP contribution is -2.43. The molecule has 0 heterocycles. The Balaban J connectivity index is 1.44. The van der Waals surface area contributed by atoms with E-state index in [1.54, 1.807) is 7.11 Å². The Labute approximate surface area is 122 Å². The average molecular weight is 273 g/mol. The van der Waals surface area contributed by atoms with Crippen molar-refractivity contribution in [1.82, 2.24) is 5.32 Å². The fourth-order valence-corrected chi connectivity index (χ4v) is 3.40. The normalized spacial score (nSPS) is 27.2. The summed E-state index contributed by atoms with van der Waals surface area (Å²) < 4.78 is 5.21. The predicted octanol–water partition coefficient (Wildman–Crippen LogP) is 3.97. The van der Waals surface area contributed by atoms with E-state index in [9.17, 15) is 0 Å². The summed E-state index contributed by atoms with van der Waals surface area (Å²) in [6.45, 7) is 5.97. The summed E-state index contributed by atoms with van der Waals surface area (Å²) in [5.74, 6) is 2.52.